The van der Waals surface area contributed by atoms with Gasteiger partial charge in [0.2, 0.25) is 5.76 Å². The van der Waals surface area contributed by atoms with Gasteiger partial charge in [0.25, 0.3) is 5.91 Å². The molecule has 0 aliphatic heterocycles. The first kappa shape index (κ1) is 19.5. The fourth-order valence-corrected chi connectivity index (χ4v) is 2.65. The number of hydrogen-bond donors (Lipinski definition) is 2. The Labute approximate surface area is 168 Å². The van der Waals surface area contributed by atoms with E-state index in [0.29, 0.717) is 11.1 Å². The van der Waals surface area contributed by atoms with E-state index >= 15 is 0 Å². The van der Waals surface area contributed by atoms with Crippen molar-refractivity contribution in [3.05, 3.63) is 88.3 Å². The Morgan fingerprint density at radius 2 is 1.93 bits per heavy atom. The molecule has 7 nitrogen and oxygen atoms in total. The highest BCUT2D eigenvalue weighted by molar-refractivity contribution is 9.10. The van der Waals surface area contributed by atoms with E-state index in [-0.39, 0.29) is 11.5 Å². The fourth-order valence-electron chi connectivity index (χ4n) is 2.27. The topological polar surface area (TPSA) is 101 Å². The minimum atomic E-state index is -1.35. The largest absolute Gasteiger partial charge is 0.457 e. The number of nitrogens with zero attached hydrogens (tertiary/aromatic N) is 1. The van der Waals surface area contributed by atoms with Gasteiger partial charge in [-0.25, -0.2) is 10.2 Å². The van der Waals surface area contributed by atoms with Gasteiger partial charge in [-0.3, -0.25) is 4.79 Å². The standard InChI is InChI=1S/C20H15BrN2O5/c21-15-8-9-16(28-20(26)17-7-4-10-27-17)14(11-15)12-22-23-19(25)18(24)13-5-2-1-3-6-13/h1-12,18,24H,(H,23,25)/b22-12-/t18-/m1/s1. The molecule has 2 N–H and O–H groups in total. The quantitative estimate of drug-likeness (QED) is 0.263. The molecule has 3 aromatic rings. The maximum atomic E-state index is 12.1. The summed E-state index contributed by atoms with van der Waals surface area (Å²) in [4.78, 5) is 24.1. The van der Waals surface area contributed by atoms with Crippen LogP contribution in [-0.4, -0.2) is 23.2 Å². The number of carbonyl (C=O) groups is 2. The van der Waals surface area contributed by atoms with Crippen LogP contribution in [0, 0.1) is 0 Å². The first-order valence-electron chi connectivity index (χ1n) is 8.16. The molecule has 0 bridgehead atoms. The second kappa shape index (κ2) is 9.12. The lowest BCUT2D eigenvalue weighted by atomic mass is 10.1. The number of rotatable bonds is 6. The average Bonchev–Trinajstić information content (AvgIpc) is 3.25. The lowest BCUT2D eigenvalue weighted by Gasteiger charge is -2.09. The van der Waals surface area contributed by atoms with E-state index < -0.39 is 18.0 Å². The number of aliphatic hydroxyl groups excluding tert-OH is 1. The number of furan rings is 1. The van der Waals surface area contributed by atoms with Gasteiger partial charge < -0.3 is 14.3 Å². The third-order valence-corrected chi connectivity index (χ3v) is 4.13. The monoisotopic (exact) mass is 442 g/mol. The molecule has 0 aliphatic carbocycles. The number of benzene rings is 2. The van der Waals surface area contributed by atoms with Crippen molar-refractivity contribution < 1.29 is 23.8 Å². The third kappa shape index (κ3) is 4.93. The van der Waals surface area contributed by atoms with Gasteiger partial charge in [0.05, 0.1) is 12.5 Å². The molecule has 28 heavy (non-hydrogen) atoms. The van der Waals surface area contributed by atoms with Crippen molar-refractivity contribution >= 4 is 34.0 Å². The number of hydrazone groups is 1. The van der Waals surface area contributed by atoms with E-state index in [1.54, 1.807) is 54.6 Å². The molecular formula is C20H15BrN2O5. The number of hydrogen-bond acceptors (Lipinski definition) is 6. The fraction of sp³-hybridized carbons (Fsp3) is 0.0500. The summed E-state index contributed by atoms with van der Waals surface area (Å²) >= 11 is 3.33. The van der Waals surface area contributed by atoms with E-state index in [1.165, 1.54) is 18.5 Å². The van der Waals surface area contributed by atoms with Crippen molar-refractivity contribution in [1.82, 2.24) is 5.43 Å². The van der Waals surface area contributed by atoms with Gasteiger partial charge in [0, 0.05) is 10.0 Å². The van der Waals surface area contributed by atoms with Crippen molar-refractivity contribution in [3.8, 4) is 5.75 Å². The number of carbonyl (C=O) groups excluding carboxylic acids is 2. The third-order valence-electron chi connectivity index (χ3n) is 3.64. The Hall–Kier alpha value is -3.23. The molecule has 1 aromatic heterocycles. The smallest absolute Gasteiger partial charge is 0.379 e. The Balaban J connectivity index is 1.70. The van der Waals surface area contributed by atoms with Crippen LogP contribution in [0.2, 0.25) is 0 Å². The van der Waals surface area contributed by atoms with Gasteiger partial charge in [0.15, 0.2) is 6.10 Å². The first-order valence-corrected chi connectivity index (χ1v) is 8.95. The second-order valence-electron chi connectivity index (χ2n) is 5.60. The molecule has 0 spiro atoms. The molecule has 0 saturated carbocycles. The van der Waals surface area contributed by atoms with Crippen LogP contribution in [0.1, 0.15) is 27.8 Å². The summed E-state index contributed by atoms with van der Waals surface area (Å²) in [5, 5.41) is 13.9. The maximum absolute atomic E-state index is 12.1. The Bertz CT molecular complexity index is 987. The van der Waals surface area contributed by atoms with E-state index in [4.69, 9.17) is 9.15 Å². The van der Waals surface area contributed by atoms with Gasteiger partial charge in [-0.15, -0.1) is 0 Å². The maximum Gasteiger partial charge on any atom is 0.379 e. The Morgan fingerprint density at radius 1 is 1.14 bits per heavy atom. The predicted molar refractivity (Wildman–Crippen MR) is 105 cm³/mol. The van der Waals surface area contributed by atoms with Crippen molar-refractivity contribution in [1.29, 1.82) is 0 Å². The molecule has 2 aromatic carbocycles. The number of aliphatic hydroxyl groups is 1. The average molecular weight is 443 g/mol. The molecule has 1 amide bonds. The predicted octanol–water partition coefficient (Wildman–Crippen LogP) is 3.45. The van der Waals surface area contributed by atoms with Crippen LogP contribution in [-0.2, 0) is 4.79 Å². The second-order valence-corrected chi connectivity index (χ2v) is 6.51. The minimum absolute atomic E-state index is 0.0603. The highest BCUT2D eigenvalue weighted by atomic mass is 79.9. The zero-order chi connectivity index (χ0) is 19.9. The van der Waals surface area contributed by atoms with Crippen molar-refractivity contribution in [3.63, 3.8) is 0 Å². The van der Waals surface area contributed by atoms with Crippen molar-refractivity contribution in [2.24, 2.45) is 5.10 Å². The van der Waals surface area contributed by atoms with Crippen LogP contribution >= 0.6 is 15.9 Å². The zero-order valence-corrected chi connectivity index (χ0v) is 16.0. The summed E-state index contributed by atoms with van der Waals surface area (Å²) in [6, 6.07) is 16.5. The lowest BCUT2D eigenvalue weighted by Crippen LogP contribution is -2.25. The van der Waals surface area contributed by atoms with E-state index in [9.17, 15) is 14.7 Å². The molecule has 0 radical (unpaired) electrons. The van der Waals surface area contributed by atoms with Crippen molar-refractivity contribution in [2.45, 2.75) is 6.10 Å². The summed E-state index contributed by atoms with van der Waals surface area (Å²) in [7, 11) is 0. The first-order chi connectivity index (χ1) is 13.5. The molecule has 1 atom stereocenters. The number of halogens is 1. The lowest BCUT2D eigenvalue weighted by molar-refractivity contribution is -0.129. The van der Waals surface area contributed by atoms with Gasteiger partial charge >= 0.3 is 5.97 Å². The molecule has 1 heterocycles. The number of esters is 1. The molecule has 0 fully saturated rings. The van der Waals surface area contributed by atoms with Gasteiger partial charge in [-0.2, -0.15) is 5.10 Å². The molecular weight excluding hydrogens is 428 g/mol. The summed E-state index contributed by atoms with van der Waals surface area (Å²) in [6.07, 6.45) is 1.33. The van der Waals surface area contributed by atoms with Crippen LogP contribution in [0.3, 0.4) is 0 Å². The Morgan fingerprint density at radius 3 is 2.64 bits per heavy atom. The van der Waals surface area contributed by atoms with Crippen molar-refractivity contribution in [2.75, 3.05) is 0 Å². The van der Waals surface area contributed by atoms with Gasteiger partial charge in [0.1, 0.15) is 5.75 Å². The molecule has 142 valence electrons. The highest BCUT2D eigenvalue weighted by Crippen LogP contribution is 2.23. The molecule has 0 saturated heterocycles. The number of amides is 1. The van der Waals surface area contributed by atoms with E-state index in [0.717, 1.165) is 4.47 Å². The summed E-state index contributed by atoms with van der Waals surface area (Å²) in [5.74, 6) is -1.06. The van der Waals surface area contributed by atoms with Crippen LogP contribution in [0.25, 0.3) is 0 Å². The van der Waals surface area contributed by atoms with E-state index in [2.05, 4.69) is 26.5 Å². The molecule has 3 rings (SSSR count). The van der Waals surface area contributed by atoms with Crippen LogP contribution in [0.4, 0.5) is 0 Å². The minimum Gasteiger partial charge on any atom is -0.457 e. The van der Waals surface area contributed by atoms with Crippen LogP contribution < -0.4 is 10.2 Å². The highest BCUT2D eigenvalue weighted by Gasteiger charge is 2.17. The number of nitrogens with one attached hydrogen (secondary N) is 1. The summed E-state index contributed by atoms with van der Waals surface area (Å²) in [6.45, 7) is 0. The summed E-state index contributed by atoms with van der Waals surface area (Å²) < 4.78 is 11.0. The van der Waals surface area contributed by atoms with Gasteiger partial charge in [-0.05, 0) is 35.9 Å². The van der Waals surface area contributed by atoms with Gasteiger partial charge in [-0.1, -0.05) is 46.3 Å². The molecule has 8 heteroatoms. The van der Waals surface area contributed by atoms with E-state index in [1.807, 2.05) is 0 Å². The molecule has 0 unspecified atom stereocenters. The normalized spacial score (nSPS) is 11.9. The SMILES string of the molecule is O=C(Oc1ccc(Br)cc1/C=N\NC(=O)[C@H](O)c1ccccc1)c1ccco1. The summed E-state index contributed by atoms with van der Waals surface area (Å²) in [5.41, 5.74) is 3.15. The van der Waals surface area contributed by atoms with Crippen LogP contribution in [0.15, 0.2) is 80.9 Å². The van der Waals surface area contributed by atoms with Crippen LogP contribution in [0.5, 0.6) is 5.75 Å². The zero-order valence-electron chi connectivity index (χ0n) is 14.4. The Kier molecular flexibility index (Phi) is 6.36. The molecule has 0 aliphatic rings. The number of ether oxygens (including phenoxy) is 1.